The number of benzene rings is 1. The third kappa shape index (κ3) is 5.42. The van der Waals surface area contributed by atoms with Crippen LogP contribution in [0, 0.1) is 0 Å². The maximum atomic E-state index is 12.6. The van der Waals surface area contributed by atoms with Gasteiger partial charge in [0, 0.05) is 31.7 Å². The second-order valence-electron chi connectivity index (χ2n) is 7.26. The molecule has 0 saturated carbocycles. The molecule has 9 heteroatoms. The SMILES string of the molecule is CCC(CC)NS(=O)(=O)c1ccc(NC(c2ccc(OC)cc2)c2nccn2C)nc1. The molecule has 0 saturated heterocycles. The molecule has 8 nitrogen and oxygen atoms in total. The minimum Gasteiger partial charge on any atom is -0.497 e. The summed E-state index contributed by atoms with van der Waals surface area (Å²) >= 11 is 0. The molecule has 0 radical (unpaired) electrons. The first-order valence-corrected chi connectivity index (χ1v) is 11.7. The molecule has 0 aliphatic carbocycles. The first kappa shape index (κ1) is 22.8. The van der Waals surface area contributed by atoms with E-state index in [2.05, 4.69) is 20.0 Å². The van der Waals surface area contributed by atoms with Crippen molar-refractivity contribution in [3.8, 4) is 5.75 Å². The minimum absolute atomic E-state index is 0.0920. The number of hydrogen-bond donors (Lipinski definition) is 2. The highest BCUT2D eigenvalue weighted by Crippen LogP contribution is 2.26. The predicted molar refractivity (Wildman–Crippen MR) is 121 cm³/mol. The van der Waals surface area contributed by atoms with Crippen LogP contribution < -0.4 is 14.8 Å². The number of rotatable bonds is 10. The molecule has 0 spiro atoms. The van der Waals surface area contributed by atoms with E-state index in [9.17, 15) is 8.42 Å². The molecule has 31 heavy (non-hydrogen) atoms. The van der Waals surface area contributed by atoms with E-state index in [-0.39, 0.29) is 17.0 Å². The number of nitrogens with one attached hydrogen (secondary N) is 2. The van der Waals surface area contributed by atoms with Crippen LogP contribution in [0.5, 0.6) is 5.75 Å². The second-order valence-corrected chi connectivity index (χ2v) is 8.97. The number of methoxy groups -OCH3 is 1. The first-order valence-electron chi connectivity index (χ1n) is 10.2. The van der Waals surface area contributed by atoms with E-state index in [0.29, 0.717) is 5.82 Å². The number of imidazole rings is 1. The molecule has 0 bridgehead atoms. The fourth-order valence-corrected chi connectivity index (χ4v) is 4.61. The van der Waals surface area contributed by atoms with E-state index in [1.807, 2.05) is 55.9 Å². The van der Waals surface area contributed by atoms with E-state index in [0.717, 1.165) is 30.0 Å². The lowest BCUT2D eigenvalue weighted by Gasteiger charge is -2.20. The standard InChI is InChI=1S/C22H29N5O3S/c1-5-17(6-2)26-31(28,29)19-11-12-20(24-15-19)25-21(22-23-13-14-27(22)3)16-7-9-18(30-4)10-8-16/h7-15,17,21,26H,5-6H2,1-4H3,(H,24,25). The summed E-state index contributed by atoms with van der Waals surface area (Å²) in [4.78, 5) is 8.97. The quantitative estimate of drug-likeness (QED) is 0.498. The number of hydrogen-bond acceptors (Lipinski definition) is 6. The van der Waals surface area contributed by atoms with Gasteiger partial charge in [-0.3, -0.25) is 0 Å². The molecule has 0 fully saturated rings. The monoisotopic (exact) mass is 443 g/mol. The molecule has 1 unspecified atom stereocenters. The Balaban J connectivity index is 1.85. The number of aromatic nitrogens is 3. The third-order valence-corrected chi connectivity index (χ3v) is 6.72. The van der Waals surface area contributed by atoms with Gasteiger partial charge in [0.2, 0.25) is 10.0 Å². The molecule has 2 heterocycles. The van der Waals surface area contributed by atoms with E-state index in [4.69, 9.17) is 4.74 Å². The maximum Gasteiger partial charge on any atom is 0.242 e. The average Bonchev–Trinajstić information content (AvgIpc) is 3.21. The van der Waals surface area contributed by atoms with Gasteiger partial charge in [-0.25, -0.2) is 23.1 Å². The Kier molecular flexibility index (Phi) is 7.29. The van der Waals surface area contributed by atoms with Gasteiger partial charge in [-0.1, -0.05) is 26.0 Å². The van der Waals surface area contributed by atoms with Gasteiger partial charge >= 0.3 is 0 Å². The summed E-state index contributed by atoms with van der Waals surface area (Å²) in [5.74, 6) is 2.12. The van der Waals surface area contributed by atoms with Gasteiger partial charge < -0.3 is 14.6 Å². The zero-order valence-corrected chi connectivity index (χ0v) is 19.1. The zero-order chi connectivity index (χ0) is 22.4. The Bertz CT molecular complexity index is 1080. The first-order chi connectivity index (χ1) is 14.9. The number of aryl methyl sites for hydroxylation is 1. The lowest BCUT2D eigenvalue weighted by atomic mass is 10.1. The van der Waals surface area contributed by atoms with Crippen molar-refractivity contribution >= 4 is 15.8 Å². The average molecular weight is 444 g/mol. The number of anilines is 1. The number of sulfonamides is 1. The zero-order valence-electron chi connectivity index (χ0n) is 18.2. The van der Waals surface area contributed by atoms with Crippen LogP contribution in [0.25, 0.3) is 0 Å². The van der Waals surface area contributed by atoms with Crippen molar-refractivity contribution in [1.29, 1.82) is 0 Å². The van der Waals surface area contributed by atoms with E-state index in [1.54, 1.807) is 25.4 Å². The van der Waals surface area contributed by atoms with Crippen molar-refractivity contribution in [2.24, 2.45) is 7.05 Å². The summed E-state index contributed by atoms with van der Waals surface area (Å²) < 4.78 is 35.1. The Morgan fingerprint density at radius 1 is 1.06 bits per heavy atom. The van der Waals surface area contributed by atoms with E-state index >= 15 is 0 Å². The van der Waals surface area contributed by atoms with Gasteiger partial charge in [-0.05, 0) is 42.7 Å². The smallest absolute Gasteiger partial charge is 0.242 e. The van der Waals surface area contributed by atoms with Gasteiger partial charge in [0.05, 0.1) is 7.11 Å². The highest BCUT2D eigenvalue weighted by molar-refractivity contribution is 7.89. The Labute approximate surface area is 183 Å². The molecule has 2 aromatic heterocycles. The summed E-state index contributed by atoms with van der Waals surface area (Å²) in [6.45, 7) is 3.91. The fraction of sp³-hybridized carbons (Fsp3) is 0.364. The fourth-order valence-electron chi connectivity index (χ4n) is 3.26. The van der Waals surface area contributed by atoms with Crippen molar-refractivity contribution in [2.45, 2.75) is 43.7 Å². The predicted octanol–water partition coefficient (Wildman–Crippen LogP) is 3.49. The molecule has 1 atom stereocenters. The highest BCUT2D eigenvalue weighted by Gasteiger charge is 2.21. The Hall–Kier alpha value is -2.91. The van der Waals surface area contributed by atoms with Gasteiger partial charge in [-0.15, -0.1) is 0 Å². The van der Waals surface area contributed by atoms with Crippen molar-refractivity contribution in [3.05, 3.63) is 66.4 Å². The lowest BCUT2D eigenvalue weighted by Crippen LogP contribution is -2.33. The van der Waals surface area contributed by atoms with Crippen molar-refractivity contribution in [2.75, 3.05) is 12.4 Å². The number of pyridine rings is 1. The summed E-state index contributed by atoms with van der Waals surface area (Å²) in [6.07, 6.45) is 6.45. The molecular formula is C22H29N5O3S. The van der Waals surface area contributed by atoms with Crippen molar-refractivity contribution < 1.29 is 13.2 Å². The van der Waals surface area contributed by atoms with E-state index < -0.39 is 10.0 Å². The Morgan fingerprint density at radius 3 is 2.29 bits per heavy atom. The topological polar surface area (TPSA) is 98.1 Å². The van der Waals surface area contributed by atoms with Crippen LogP contribution in [0.2, 0.25) is 0 Å². The normalized spacial score (nSPS) is 12.7. The number of ether oxygens (including phenoxy) is 1. The summed E-state index contributed by atoms with van der Waals surface area (Å²) in [5.41, 5.74) is 0.976. The highest BCUT2D eigenvalue weighted by atomic mass is 32.2. The van der Waals surface area contributed by atoms with Crippen LogP contribution in [0.3, 0.4) is 0 Å². The molecule has 0 aliphatic heterocycles. The maximum absolute atomic E-state index is 12.6. The van der Waals surface area contributed by atoms with Crippen LogP contribution in [0.15, 0.2) is 59.9 Å². The molecule has 166 valence electrons. The van der Waals surface area contributed by atoms with Gasteiger partial charge in [-0.2, -0.15) is 0 Å². The van der Waals surface area contributed by atoms with Crippen LogP contribution >= 0.6 is 0 Å². The van der Waals surface area contributed by atoms with Crippen molar-refractivity contribution in [1.82, 2.24) is 19.3 Å². The largest absolute Gasteiger partial charge is 0.497 e. The minimum atomic E-state index is -3.61. The van der Waals surface area contributed by atoms with Gasteiger partial charge in [0.15, 0.2) is 0 Å². The molecule has 0 amide bonds. The van der Waals surface area contributed by atoms with Gasteiger partial charge in [0.25, 0.3) is 0 Å². The summed E-state index contributed by atoms with van der Waals surface area (Å²) in [6, 6.07) is 10.6. The Morgan fingerprint density at radius 2 is 1.77 bits per heavy atom. The van der Waals surface area contributed by atoms with Crippen LogP contribution in [-0.4, -0.2) is 36.1 Å². The molecule has 2 N–H and O–H groups in total. The van der Waals surface area contributed by atoms with Crippen LogP contribution in [0.4, 0.5) is 5.82 Å². The molecule has 3 rings (SSSR count). The van der Waals surface area contributed by atoms with Gasteiger partial charge in [0.1, 0.15) is 28.3 Å². The van der Waals surface area contributed by atoms with Crippen molar-refractivity contribution in [3.63, 3.8) is 0 Å². The van der Waals surface area contributed by atoms with Crippen LogP contribution in [-0.2, 0) is 17.1 Å². The molecule has 1 aromatic carbocycles. The number of nitrogens with zero attached hydrogens (tertiary/aromatic N) is 3. The van der Waals surface area contributed by atoms with E-state index in [1.165, 1.54) is 6.20 Å². The molecule has 3 aromatic rings. The van der Waals surface area contributed by atoms with Crippen LogP contribution in [0.1, 0.15) is 44.1 Å². The second kappa shape index (κ2) is 9.93. The summed E-state index contributed by atoms with van der Waals surface area (Å²) in [5, 5.41) is 3.37. The third-order valence-electron chi connectivity index (χ3n) is 5.21. The summed E-state index contributed by atoms with van der Waals surface area (Å²) in [7, 11) is -0.0595. The molecular weight excluding hydrogens is 414 g/mol. The molecule has 0 aliphatic rings. The lowest BCUT2D eigenvalue weighted by molar-refractivity contribution is 0.414.